The second kappa shape index (κ2) is 4.20. The van der Waals surface area contributed by atoms with Crippen molar-refractivity contribution in [2.45, 2.75) is 12.5 Å². The zero-order valence-corrected chi connectivity index (χ0v) is 7.45. The Morgan fingerprint density at radius 2 is 2.31 bits per heavy atom. The molecule has 13 heavy (non-hydrogen) atoms. The van der Waals surface area contributed by atoms with Crippen molar-refractivity contribution in [2.75, 3.05) is 20.2 Å². The Bertz CT molecular complexity index is 219. The number of carbonyl (C=O) groups excluding carboxylic acids is 2. The predicted molar refractivity (Wildman–Crippen MR) is 44.3 cm³/mol. The van der Waals surface area contributed by atoms with Crippen molar-refractivity contribution < 1.29 is 14.3 Å². The van der Waals surface area contributed by atoms with Crippen molar-refractivity contribution in [3.05, 3.63) is 0 Å². The number of likely N-dealkylation sites (tertiary alicyclic amines) is 1. The van der Waals surface area contributed by atoms with E-state index in [-0.39, 0.29) is 6.10 Å². The van der Waals surface area contributed by atoms with Gasteiger partial charge in [0.1, 0.15) is 0 Å². The summed E-state index contributed by atoms with van der Waals surface area (Å²) in [7, 11) is 1.58. The fourth-order valence-electron chi connectivity index (χ4n) is 1.31. The lowest BCUT2D eigenvalue weighted by Crippen LogP contribution is -2.44. The fourth-order valence-corrected chi connectivity index (χ4v) is 1.31. The standard InChI is InChI=1S/C7H13N3O3/c1-13-5-2-3-10(4-5)7(12)6(11)9-8/h5H,2-4,8H2,1H3,(H,9,11). The molecule has 0 aromatic rings. The van der Waals surface area contributed by atoms with Gasteiger partial charge in [0.25, 0.3) is 0 Å². The Balaban J connectivity index is 2.46. The highest BCUT2D eigenvalue weighted by Crippen LogP contribution is 2.11. The molecular weight excluding hydrogens is 174 g/mol. The highest BCUT2D eigenvalue weighted by molar-refractivity contribution is 6.34. The molecule has 0 aromatic carbocycles. The van der Waals surface area contributed by atoms with Crippen LogP contribution >= 0.6 is 0 Å². The lowest BCUT2D eigenvalue weighted by molar-refractivity contribution is -0.145. The first kappa shape index (κ1) is 9.94. The van der Waals surface area contributed by atoms with Crippen LogP contribution in [0.4, 0.5) is 0 Å². The number of rotatable bonds is 1. The molecule has 0 saturated carbocycles. The Kier molecular flexibility index (Phi) is 3.21. The Hall–Kier alpha value is -1.14. The van der Waals surface area contributed by atoms with Crippen LogP contribution in [-0.2, 0) is 14.3 Å². The molecule has 1 heterocycles. The van der Waals surface area contributed by atoms with E-state index < -0.39 is 11.8 Å². The summed E-state index contributed by atoms with van der Waals surface area (Å²) in [4.78, 5) is 23.5. The Morgan fingerprint density at radius 1 is 1.62 bits per heavy atom. The van der Waals surface area contributed by atoms with Gasteiger partial charge in [-0.15, -0.1) is 0 Å². The smallest absolute Gasteiger partial charge is 0.323 e. The molecule has 1 saturated heterocycles. The third kappa shape index (κ3) is 2.16. The molecule has 0 aromatic heterocycles. The van der Waals surface area contributed by atoms with Gasteiger partial charge in [0.2, 0.25) is 0 Å². The number of methoxy groups -OCH3 is 1. The monoisotopic (exact) mass is 187 g/mol. The molecule has 6 nitrogen and oxygen atoms in total. The first-order valence-electron chi connectivity index (χ1n) is 4.01. The molecule has 1 fully saturated rings. The second-order valence-electron chi connectivity index (χ2n) is 2.87. The highest BCUT2D eigenvalue weighted by atomic mass is 16.5. The number of nitrogens with one attached hydrogen (secondary N) is 1. The quantitative estimate of drug-likeness (QED) is 0.220. The molecule has 74 valence electrons. The average Bonchev–Trinajstić information content (AvgIpc) is 2.63. The minimum absolute atomic E-state index is 0.0366. The van der Waals surface area contributed by atoms with Crippen molar-refractivity contribution in [3.63, 3.8) is 0 Å². The number of ether oxygens (including phenoxy) is 1. The van der Waals surface area contributed by atoms with Crippen molar-refractivity contribution in [1.82, 2.24) is 10.3 Å². The first-order valence-corrected chi connectivity index (χ1v) is 4.01. The first-order chi connectivity index (χ1) is 6.19. The molecule has 0 aliphatic carbocycles. The van der Waals surface area contributed by atoms with Crippen LogP contribution in [0.25, 0.3) is 0 Å². The molecular formula is C7H13N3O3. The molecule has 2 amide bonds. The molecule has 0 bridgehead atoms. The number of amides is 2. The van der Waals surface area contributed by atoms with E-state index in [9.17, 15) is 9.59 Å². The van der Waals surface area contributed by atoms with E-state index in [1.807, 2.05) is 0 Å². The van der Waals surface area contributed by atoms with Gasteiger partial charge in [-0.3, -0.25) is 15.0 Å². The third-order valence-corrected chi connectivity index (χ3v) is 2.09. The van der Waals surface area contributed by atoms with Gasteiger partial charge in [0.15, 0.2) is 0 Å². The zero-order valence-electron chi connectivity index (χ0n) is 7.45. The molecule has 3 N–H and O–H groups in total. The maximum absolute atomic E-state index is 11.2. The van der Waals surface area contributed by atoms with E-state index in [2.05, 4.69) is 0 Å². The van der Waals surface area contributed by atoms with E-state index >= 15 is 0 Å². The maximum atomic E-state index is 11.2. The summed E-state index contributed by atoms with van der Waals surface area (Å²) in [5.74, 6) is 3.45. The number of hydrazine groups is 1. The zero-order chi connectivity index (χ0) is 9.84. The van der Waals surface area contributed by atoms with Crippen LogP contribution < -0.4 is 11.3 Å². The summed E-state index contributed by atoms with van der Waals surface area (Å²) in [6, 6.07) is 0. The van der Waals surface area contributed by atoms with Gasteiger partial charge in [-0.1, -0.05) is 0 Å². The van der Waals surface area contributed by atoms with E-state index in [0.717, 1.165) is 6.42 Å². The van der Waals surface area contributed by atoms with Gasteiger partial charge in [-0.05, 0) is 6.42 Å². The molecule has 0 radical (unpaired) electrons. The van der Waals surface area contributed by atoms with Crippen LogP contribution in [0.3, 0.4) is 0 Å². The lowest BCUT2D eigenvalue weighted by atomic mass is 10.3. The molecule has 1 rings (SSSR count). The molecule has 1 aliphatic heterocycles. The highest BCUT2D eigenvalue weighted by Gasteiger charge is 2.29. The number of hydrogen-bond acceptors (Lipinski definition) is 4. The van der Waals surface area contributed by atoms with E-state index in [1.54, 1.807) is 12.5 Å². The summed E-state index contributed by atoms with van der Waals surface area (Å²) < 4.78 is 5.05. The van der Waals surface area contributed by atoms with Gasteiger partial charge < -0.3 is 9.64 Å². The lowest BCUT2D eigenvalue weighted by Gasteiger charge is -2.14. The van der Waals surface area contributed by atoms with Gasteiger partial charge in [-0.25, -0.2) is 5.84 Å². The Labute approximate surface area is 76.0 Å². The van der Waals surface area contributed by atoms with Crippen LogP contribution in [0.5, 0.6) is 0 Å². The van der Waals surface area contributed by atoms with Gasteiger partial charge in [-0.2, -0.15) is 0 Å². The van der Waals surface area contributed by atoms with Crippen LogP contribution in [0.1, 0.15) is 6.42 Å². The predicted octanol–water partition coefficient (Wildman–Crippen LogP) is -1.78. The van der Waals surface area contributed by atoms with Crippen molar-refractivity contribution in [2.24, 2.45) is 5.84 Å². The minimum Gasteiger partial charge on any atom is -0.380 e. The molecule has 0 spiro atoms. The largest absolute Gasteiger partial charge is 0.380 e. The van der Waals surface area contributed by atoms with E-state index in [1.165, 1.54) is 4.90 Å². The number of nitrogens with two attached hydrogens (primary N) is 1. The summed E-state index contributed by atoms with van der Waals surface area (Å²) in [6.45, 7) is 1.01. The average molecular weight is 187 g/mol. The van der Waals surface area contributed by atoms with Crippen LogP contribution in [-0.4, -0.2) is 43.0 Å². The van der Waals surface area contributed by atoms with E-state index in [4.69, 9.17) is 10.6 Å². The molecule has 6 heteroatoms. The van der Waals surface area contributed by atoms with Crippen LogP contribution in [0.2, 0.25) is 0 Å². The van der Waals surface area contributed by atoms with Gasteiger partial charge in [0.05, 0.1) is 6.10 Å². The van der Waals surface area contributed by atoms with Crippen molar-refractivity contribution in [1.29, 1.82) is 0 Å². The SMILES string of the molecule is COC1CCN(C(=O)C(=O)NN)C1. The normalized spacial score (nSPS) is 21.7. The molecule has 1 unspecified atom stereocenters. The summed E-state index contributed by atoms with van der Waals surface area (Å²) in [5, 5.41) is 0. The Morgan fingerprint density at radius 3 is 2.77 bits per heavy atom. The topological polar surface area (TPSA) is 84.7 Å². The van der Waals surface area contributed by atoms with Crippen LogP contribution in [0.15, 0.2) is 0 Å². The van der Waals surface area contributed by atoms with Crippen molar-refractivity contribution in [3.8, 4) is 0 Å². The van der Waals surface area contributed by atoms with Gasteiger partial charge >= 0.3 is 11.8 Å². The summed E-state index contributed by atoms with van der Waals surface area (Å²) in [6.07, 6.45) is 0.801. The van der Waals surface area contributed by atoms with Crippen LogP contribution in [0, 0.1) is 0 Å². The summed E-state index contributed by atoms with van der Waals surface area (Å²) in [5.41, 5.74) is 1.80. The fraction of sp³-hybridized carbons (Fsp3) is 0.714. The van der Waals surface area contributed by atoms with E-state index in [0.29, 0.717) is 13.1 Å². The molecule has 1 aliphatic rings. The maximum Gasteiger partial charge on any atom is 0.323 e. The minimum atomic E-state index is -0.781. The molecule has 1 atom stereocenters. The van der Waals surface area contributed by atoms with Crippen molar-refractivity contribution >= 4 is 11.8 Å². The van der Waals surface area contributed by atoms with Gasteiger partial charge in [0, 0.05) is 20.2 Å². The second-order valence-corrected chi connectivity index (χ2v) is 2.87. The number of carbonyl (C=O) groups is 2. The summed E-state index contributed by atoms with van der Waals surface area (Å²) >= 11 is 0. The third-order valence-electron chi connectivity index (χ3n) is 2.09. The number of nitrogens with zero attached hydrogens (tertiary/aromatic N) is 1. The number of hydrogen-bond donors (Lipinski definition) is 2.